The number of amides is 1. The van der Waals surface area contributed by atoms with Gasteiger partial charge in [0.2, 0.25) is 0 Å². The van der Waals surface area contributed by atoms with Crippen molar-refractivity contribution in [1.82, 2.24) is 4.90 Å². The second-order valence-corrected chi connectivity index (χ2v) is 11.2. The predicted molar refractivity (Wildman–Crippen MR) is 144 cm³/mol. The van der Waals surface area contributed by atoms with Crippen molar-refractivity contribution in [3.05, 3.63) is 57.6 Å². The zero-order chi connectivity index (χ0) is 27.4. The summed E-state index contributed by atoms with van der Waals surface area (Å²) in [4.78, 5) is 26.7. The number of halogens is 2. The molecule has 1 saturated heterocycles. The number of likely N-dealkylation sites (tertiary alicyclic amines) is 1. The van der Waals surface area contributed by atoms with E-state index in [0.29, 0.717) is 40.9 Å². The van der Waals surface area contributed by atoms with E-state index in [1.54, 1.807) is 32.9 Å². The number of hydrogen-bond donors (Lipinski definition) is 1. The summed E-state index contributed by atoms with van der Waals surface area (Å²) in [6, 6.07) is 11.0. The summed E-state index contributed by atoms with van der Waals surface area (Å²) >= 11 is 12.4. The first kappa shape index (κ1) is 28.9. The molecule has 1 fully saturated rings. The lowest BCUT2D eigenvalue weighted by Gasteiger charge is -2.45. The average Bonchev–Trinajstić information content (AvgIpc) is 2.81. The summed E-state index contributed by atoms with van der Waals surface area (Å²) in [6.45, 7) is 10.2. The highest BCUT2D eigenvalue weighted by Crippen LogP contribution is 2.46. The highest BCUT2D eigenvalue weighted by atomic mass is 35.5. The van der Waals surface area contributed by atoms with Crippen molar-refractivity contribution in [3.8, 4) is 11.5 Å². The number of carboxylic acid groups (broad SMARTS) is 1. The van der Waals surface area contributed by atoms with Gasteiger partial charge in [0.25, 0.3) is 0 Å². The smallest absolute Gasteiger partial charge is 0.410 e. The van der Waals surface area contributed by atoms with E-state index in [1.165, 1.54) is 4.90 Å². The molecule has 1 heterocycles. The highest BCUT2D eigenvalue weighted by molar-refractivity contribution is 6.37. The van der Waals surface area contributed by atoms with Crippen LogP contribution in [0.4, 0.5) is 4.79 Å². The van der Waals surface area contributed by atoms with Crippen molar-refractivity contribution in [3.63, 3.8) is 0 Å². The van der Waals surface area contributed by atoms with Gasteiger partial charge in [-0.05, 0) is 75.9 Å². The Labute approximate surface area is 228 Å². The zero-order valence-corrected chi connectivity index (χ0v) is 23.5. The number of aryl methyl sites for hydroxylation is 1. The summed E-state index contributed by atoms with van der Waals surface area (Å²) in [6.07, 6.45) is 0.418. The van der Waals surface area contributed by atoms with Gasteiger partial charge in [-0.2, -0.15) is 0 Å². The molecule has 0 aliphatic carbocycles. The molecule has 0 saturated carbocycles. The van der Waals surface area contributed by atoms with Gasteiger partial charge < -0.3 is 24.2 Å². The van der Waals surface area contributed by atoms with Gasteiger partial charge in [0.1, 0.15) is 24.6 Å². The monoisotopic (exact) mass is 551 g/mol. The van der Waals surface area contributed by atoms with Crippen LogP contribution in [0.25, 0.3) is 0 Å². The van der Waals surface area contributed by atoms with Crippen LogP contribution in [0.5, 0.6) is 11.5 Å². The summed E-state index contributed by atoms with van der Waals surface area (Å²) in [5.74, 6) is -0.108. The molecule has 1 aliphatic rings. The van der Waals surface area contributed by atoms with Crippen molar-refractivity contribution < 1.29 is 28.9 Å². The van der Waals surface area contributed by atoms with Crippen LogP contribution in [0.15, 0.2) is 36.4 Å². The van der Waals surface area contributed by atoms with E-state index in [-0.39, 0.29) is 25.7 Å². The molecule has 1 amide bonds. The average molecular weight is 552 g/mol. The van der Waals surface area contributed by atoms with Crippen molar-refractivity contribution in [2.75, 3.05) is 26.3 Å². The fourth-order valence-corrected chi connectivity index (χ4v) is 5.41. The number of hydrogen-bond acceptors (Lipinski definition) is 5. The molecule has 2 aromatic rings. The van der Waals surface area contributed by atoms with Gasteiger partial charge in [-0.3, -0.25) is 4.79 Å². The number of aliphatic carboxylic acids is 1. The van der Waals surface area contributed by atoms with Crippen molar-refractivity contribution in [2.24, 2.45) is 5.41 Å². The summed E-state index contributed by atoms with van der Waals surface area (Å²) < 4.78 is 17.0. The number of nitrogens with zero attached hydrogens (tertiary/aromatic N) is 1. The largest absolute Gasteiger partial charge is 0.490 e. The van der Waals surface area contributed by atoms with Crippen LogP contribution >= 0.6 is 23.2 Å². The van der Waals surface area contributed by atoms with Crippen LogP contribution in [-0.2, 0) is 9.53 Å². The molecule has 0 radical (unpaired) electrons. The molecule has 9 heteroatoms. The van der Waals surface area contributed by atoms with E-state index in [9.17, 15) is 14.7 Å². The van der Waals surface area contributed by atoms with Gasteiger partial charge in [0.05, 0.1) is 15.5 Å². The number of benzene rings is 2. The molecule has 1 aliphatic heterocycles. The number of carbonyl (C=O) groups is 2. The first-order chi connectivity index (χ1) is 17.4. The van der Waals surface area contributed by atoms with E-state index in [4.69, 9.17) is 37.4 Å². The maximum absolute atomic E-state index is 12.7. The van der Waals surface area contributed by atoms with Gasteiger partial charge in [-0.15, -0.1) is 0 Å². The molecular formula is C28H35Cl2NO6. The zero-order valence-electron chi connectivity index (χ0n) is 22.0. The molecule has 7 nitrogen and oxygen atoms in total. The number of carboxylic acids is 1. The third-order valence-electron chi connectivity index (χ3n) is 6.56. The number of ether oxygens (including phenoxy) is 3. The Morgan fingerprint density at radius 3 is 2.22 bits per heavy atom. The molecule has 0 unspecified atom stereocenters. The second kappa shape index (κ2) is 11.8. The van der Waals surface area contributed by atoms with E-state index in [1.807, 2.05) is 38.1 Å². The fourth-order valence-electron chi connectivity index (χ4n) is 4.71. The van der Waals surface area contributed by atoms with Gasteiger partial charge in [-0.25, -0.2) is 4.79 Å². The molecule has 202 valence electrons. The predicted octanol–water partition coefficient (Wildman–Crippen LogP) is 6.97. The second-order valence-electron chi connectivity index (χ2n) is 10.4. The minimum absolute atomic E-state index is 0.0954. The topological polar surface area (TPSA) is 85.3 Å². The van der Waals surface area contributed by atoms with Gasteiger partial charge >= 0.3 is 12.1 Å². The van der Waals surface area contributed by atoms with Crippen LogP contribution in [0.1, 0.15) is 57.6 Å². The minimum atomic E-state index is -1.11. The normalized spacial score (nSPS) is 19.9. The Hall–Kier alpha value is -2.64. The van der Waals surface area contributed by atoms with Gasteiger partial charge in [0.15, 0.2) is 5.75 Å². The molecule has 0 bridgehead atoms. The molecule has 0 aromatic heterocycles. The van der Waals surface area contributed by atoms with E-state index < -0.39 is 23.1 Å². The maximum Gasteiger partial charge on any atom is 0.410 e. The SMILES string of the molecule is CC[C@]1(C(=O)O)CN(C(=O)OC(C)(C)C)CC[C@H]1c1ccc(OCCOc2c(Cl)cc(C)cc2Cl)cc1. The first-order valence-corrected chi connectivity index (χ1v) is 13.1. The number of rotatable bonds is 8. The molecule has 3 rings (SSSR count). The van der Waals surface area contributed by atoms with E-state index >= 15 is 0 Å². The number of carbonyl (C=O) groups excluding carboxylic acids is 1. The third-order valence-corrected chi connectivity index (χ3v) is 7.12. The quantitative estimate of drug-likeness (QED) is 0.356. The van der Waals surface area contributed by atoms with Crippen LogP contribution in [-0.4, -0.2) is 54.0 Å². The van der Waals surface area contributed by atoms with Gasteiger partial charge in [-0.1, -0.05) is 42.3 Å². The highest BCUT2D eigenvalue weighted by Gasteiger charge is 2.50. The fraction of sp³-hybridized carbons (Fsp3) is 0.500. The minimum Gasteiger partial charge on any atom is -0.490 e. The Kier molecular flexibility index (Phi) is 9.24. The Bertz CT molecular complexity index is 1090. The molecule has 2 atom stereocenters. The molecule has 1 N–H and O–H groups in total. The molecule has 2 aromatic carbocycles. The standard InChI is InChI=1S/C28H35Cl2NO6/c1-6-28(25(32)33)17-31(26(34)37-27(3,4)5)12-11-21(28)19-7-9-20(10-8-19)35-13-14-36-24-22(29)15-18(2)16-23(24)30/h7-10,15-16,21H,6,11-14,17H2,1-5H3,(H,32,33)/t21-,28-/m0/s1. The van der Waals surface area contributed by atoms with Crippen LogP contribution in [0.2, 0.25) is 10.0 Å². The van der Waals surface area contributed by atoms with E-state index in [2.05, 4.69) is 0 Å². The van der Waals surface area contributed by atoms with Crippen LogP contribution in [0, 0.1) is 12.3 Å². The molecular weight excluding hydrogens is 517 g/mol. The summed E-state index contributed by atoms with van der Waals surface area (Å²) in [5, 5.41) is 11.2. The Morgan fingerprint density at radius 1 is 1.08 bits per heavy atom. The lowest BCUT2D eigenvalue weighted by Crippen LogP contribution is -2.54. The van der Waals surface area contributed by atoms with Crippen LogP contribution < -0.4 is 9.47 Å². The molecule has 0 spiro atoms. The first-order valence-electron chi connectivity index (χ1n) is 12.4. The van der Waals surface area contributed by atoms with Crippen molar-refractivity contribution >= 4 is 35.3 Å². The summed E-state index contributed by atoms with van der Waals surface area (Å²) in [7, 11) is 0. The van der Waals surface area contributed by atoms with E-state index in [0.717, 1.165) is 11.1 Å². The Morgan fingerprint density at radius 2 is 1.68 bits per heavy atom. The lowest BCUT2D eigenvalue weighted by molar-refractivity contribution is -0.154. The molecule has 37 heavy (non-hydrogen) atoms. The summed E-state index contributed by atoms with van der Waals surface area (Å²) in [5.41, 5.74) is 0.0860. The van der Waals surface area contributed by atoms with Gasteiger partial charge in [0, 0.05) is 19.0 Å². The van der Waals surface area contributed by atoms with Crippen molar-refractivity contribution in [1.29, 1.82) is 0 Å². The maximum atomic E-state index is 12.7. The number of piperidine rings is 1. The van der Waals surface area contributed by atoms with Crippen molar-refractivity contribution in [2.45, 2.75) is 59.0 Å². The third kappa shape index (κ3) is 7.02. The Balaban J connectivity index is 1.65. The lowest BCUT2D eigenvalue weighted by atomic mass is 9.66. The van der Waals surface area contributed by atoms with Crippen LogP contribution in [0.3, 0.4) is 0 Å².